The predicted octanol–water partition coefficient (Wildman–Crippen LogP) is 8.89. The minimum Gasteiger partial charge on any atom is -0.352 e. The zero-order valence-corrected chi connectivity index (χ0v) is 30.8. The zero-order chi connectivity index (χ0) is 35.1. The molecule has 0 aromatic heterocycles. The van der Waals surface area contributed by atoms with Gasteiger partial charge >= 0.3 is 0 Å². The van der Waals surface area contributed by atoms with Gasteiger partial charge in [0.05, 0.1) is 20.6 Å². The van der Waals surface area contributed by atoms with Crippen molar-refractivity contribution in [3.05, 3.63) is 128 Å². The number of nitrogens with zero attached hydrogens (tertiary/aromatic N) is 2. The van der Waals surface area contributed by atoms with Gasteiger partial charge in [-0.2, -0.15) is 0 Å². The highest BCUT2D eigenvalue weighted by Crippen LogP contribution is 2.36. The van der Waals surface area contributed by atoms with E-state index in [1.54, 1.807) is 36.4 Å². The fraction of sp³-hybridized carbons (Fsp3) is 0.297. The molecule has 12 heteroatoms. The third-order valence-corrected chi connectivity index (χ3v) is 11.8. The molecule has 0 heterocycles. The number of nitrogens with one attached hydrogen (secondary N) is 1. The number of carbonyl (C=O) groups excluding carboxylic acids is 2. The molecule has 1 fully saturated rings. The Labute approximate surface area is 308 Å². The van der Waals surface area contributed by atoms with E-state index in [1.165, 1.54) is 29.2 Å². The van der Waals surface area contributed by atoms with E-state index >= 15 is 0 Å². The van der Waals surface area contributed by atoms with Gasteiger partial charge in [-0.1, -0.05) is 126 Å². The number of aryl methyl sites for hydroxylation is 1. The van der Waals surface area contributed by atoms with Gasteiger partial charge in [0.2, 0.25) is 11.8 Å². The molecule has 1 N–H and O–H groups in total. The van der Waals surface area contributed by atoms with Gasteiger partial charge in [0.25, 0.3) is 10.0 Å². The van der Waals surface area contributed by atoms with Gasteiger partial charge in [-0.05, 0) is 67.3 Å². The molecular weight excluding hydrogens is 724 g/mol. The van der Waals surface area contributed by atoms with Gasteiger partial charge in [-0.15, -0.1) is 0 Å². The van der Waals surface area contributed by atoms with Gasteiger partial charge in [0.15, 0.2) is 0 Å². The summed E-state index contributed by atoms with van der Waals surface area (Å²) in [4.78, 5) is 30.4. The quantitative estimate of drug-likeness (QED) is 0.156. The highest BCUT2D eigenvalue weighted by molar-refractivity contribution is 7.92. The predicted molar refractivity (Wildman–Crippen MR) is 198 cm³/mol. The summed E-state index contributed by atoms with van der Waals surface area (Å²) in [5.41, 5.74) is 2.25. The van der Waals surface area contributed by atoms with Crippen LogP contribution in [0.1, 0.15) is 48.8 Å². The van der Waals surface area contributed by atoms with Crippen LogP contribution in [0.5, 0.6) is 0 Å². The molecule has 258 valence electrons. The van der Waals surface area contributed by atoms with Crippen LogP contribution < -0.4 is 9.62 Å². The Morgan fingerprint density at radius 1 is 0.837 bits per heavy atom. The molecule has 4 aromatic rings. The van der Waals surface area contributed by atoms with E-state index in [0.29, 0.717) is 15.6 Å². The summed E-state index contributed by atoms with van der Waals surface area (Å²) in [6, 6.07) is 24.1. The van der Waals surface area contributed by atoms with Crippen LogP contribution in [0.25, 0.3) is 0 Å². The molecule has 1 saturated carbocycles. The third kappa shape index (κ3) is 9.30. The lowest BCUT2D eigenvalue weighted by atomic mass is 9.94. The Kier molecular flexibility index (Phi) is 12.6. The second kappa shape index (κ2) is 16.6. The fourth-order valence-corrected chi connectivity index (χ4v) is 8.31. The minimum absolute atomic E-state index is 0.0267. The second-order valence-electron chi connectivity index (χ2n) is 12.2. The highest BCUT2D eigenvalue weighted by Gasteiger charge is 2.36. The lowest BCUT2D eigenvalue weighted by Crippen LogP contribution is -2.55. The molecule has 0 spiro atoms. The Balaban J connectivity index is 1.60. The van der Waals surface area contributed by atoms with Crippen molar-refractivity contribution in [3.63, 3.8) is 0 Å². The van der Waals surface area contributed by atoms with Crippen molar-refractivity contribution in [3.8, 4) is 0 Å². The van der Waals surface area contributed by atoms with E-state index in [0.717, 1.165) is 47.5 Å². The number of amides is 2. The summed E-state index contributed by atoms with van der Waals surface area (Å²) in [5.74, 6) is -0.972. The first-order valence-electron chi connectivity index (χ1n) is 16.0. The van der Waals surface area contributed by atoms with Crippen molar-refractivity contribution in [2.24, 2.45) is 0 Å². The van der Waals surface area contributed by atoms with Crippen molar-refractivity contribution < 1.29 is 18.0 Å². The number of hydrogen-bond donors (Lipinski definition) is 1. The van der Waals surface area contributed by atoms with Crippen molar-refractivity contribution in [1.82, 2.24) is 10.2 Å². The first kappa shape index (κ1) is 37.0. The van der Waals surface area contributed by atoms with E-state index in [1.807, 2.05) is 37.3 Å². The first-order valence-corrected chi connectivity index (χ1v) is 19.0. The maximum Gasteiger partial charge on any atom is 0.264 e. The number of hydrogen-bond acceptors (Lipinski definition) is 4. The topological polar surface area (TPSA) is 86.8 Å². The van der Waals surface area contributed by atoms with Gasteiger partial charge in [-0.25, -0.2) is 8.42 Å². The van der Waals surface area contributed by atoms with Crippen molar-refractivity contribution in [1.29, 1.82) is 0 Å². The molecule has 1 aliphatic carbocycles. The van der Waals surface area contributed by atoms with Gasteiger partial charge in [0, 0.05) is 29.1 Å². The average molecular weight is 762 g/mol. The smallest absolute Gasteiger partial charge is 0.264 e. The molecular formula is C37H37Cl4N3O4S. The fourth-order valence-electron chi connectivity index (χ4n) is 5.97. The number of carbonyl (C=O) groups is 2. The van der Waals surface area contributed by atoms with Crippen LogP contribution in [0.15, 0.2) is 95.9 Å². The zero-order valence-electron chi connectivity index (χ0n) is 26.9. The highest BCUT2D eigenvalue weighted by atomic mass is 35.5. The molecule has 4 aromatic carbocycles. The summed E-state index contributed by atoms with van der Waals surface area (Å²) in [7, 11) is -4.35. The summed E-state index contributed by atoms with van der Waals surface area (Å²) < 4.78 is 29.6. The third-order valence-electron chi connectivity index (χ3n) is 8.67. The van der Waals surface area contributed by atoms with Crippen LogP contribution in [0.2, 0.25) is 20.1 Å². The first-order chi connectivity index (χ1) is 23.4. The average Bonchev–Trinajstić information content (AvgIpc) is 3.08. The number of rotatable bonds is 12. The summed E-state index contributed by atoms with van der Waals surface area (Å²) in [6.45, 7) is 1.08. The Hall–Kier alpha value is -3.27. The lowest BCUT2D eigenvalue weighted by molar-refractivity contribution is -0.140. The van der Waals surface area contributed by atoms with Crippen LogP contribution in [-0.4, -0.2) is 43.8 Å². The van der Waals surface area contributed by atoms with Crippen LogP contribution in [0, 0.1) is 6.92 Å². The number of sulfonamides is 1. The van der Waals surface area contributed by atoms with E-state index in [4.69, 9.17) is 46.4 Å². The standard InChI is InChI=1S/C37H37Cl4N3O4S/c1-25-15-19-30(20-16-25)49(47,48)44(33-14-8-13-31(39)36(33)41)24-35(45)43(23-27-17-18-28(38)22-32(27)40)34(21-26-9-4-2-5-10-26)37(46)42-29-11-6-3-7-12-29/h2,4-5,8-10,13-20,22,29,34H,3,6-7,11-12,21,23-24H2,1H3,(H,42,46)/t34-/m0/s1. The Morgan fingerprint density at radius 2 is 1.53 bits per heavy atom. The lowest BCUT2D eigenvalue weighted by Gasteiger charge is -2.35. The molecule has 0 unspecified atom stereocenters. The van der Waals surface area contributed by atoms with Crippen molar-refractivity contribution in [2.45, 2.75) is 69.0 Å². The van der Waals surface area contributed by atoms with Crippen LogP contribution >= 0.6 is 46.4 Å². The maximum absolute atomic E-state index is 14.8. The minimum atomic E-state index is -4.35. The Bertz CT molecular complexity index is 1890. The summed E-state index contributed by atoms with van der Waals surface area (Å²) >= 11 is 25.8. The molecule has 0 bridgehead atoms. The monoisotopic (exact) mass is 759 g/mol. The number of anilines is 1. The molecule has 0 saturated heterocycles. The maximum atomic E-state index is 14.8. The molecule has 2 amide bonds. The number of halogens is 4. The molecule has 1 aliphatic rings. The molecule has 0 aliphatic heterocycles. The van der Waals surface area contributed by atoms with Crippen LogP contribution in [-0.2, 0) is 32.6 Å². The van der Waals surface area contributed by atoms with E-state index in [-0.39, 0.29) is 45.5 Å². The van der Waals surface area contributed by atoms with Crippen LogP contribution in [0.3, 0.4) is 0 Å². The number of benzene rings is 4. The molecule has 49 heavy (non-hydrogen) atoms. The van der Waals surface area contributed by atoms with E-state index in [2.05, 4.69) is 5.32 Å². The van der Waals surface area contributed by atoms with Crippen molar-refractivity contribution >= 4 is 73.9 Å². The summed E-state index contributed by atoms with van der Waals surface area (Å²) in [5, 5.41) is 3.99. The van der Waals surface area contributed by atoms with Crippen molar-refractivity contribution in [2.75, 3.05) is 10.8 Å². The molecule has 5 rings (SSSR count). The van der Waals surface area contributed by atoms with Gasteiger partial charge in [-0.3, -0.25) is 13.9 Å². The normalized spacial score (nSPS) is 14.2. The van der Waals surface area contributed by atoms with E-state index < -0.39 is 28.5 Å². The SMILES string of the molecule is Cc1ccc(S(=O)(=O)N(CC(=O)N(Cc2ccc(Cl)cc2Cl)[C@@H](Cc2ccccc2)C(=O)NC2CCCCC2)c2cccc(Cl)c2Cl)cc1. The van der Waals surface area contributed by atoms with E-state index in [9.17, 15) is 18.0 Å². The molecule has 1 atom stereocenters. The summed E-state index contributed by atoms with van der Waals surface area (Å²) in [6.07, 6.45) is 4.98. The molecule has 7 nitrogen and oxygen atoms in total. The largest absolute Gasteiger partial charge is 0.352 e. The Morgan fingerprint density at radius 3 is 2.20 bits per heavy atom. The van der Waals surface area contributed by atoms with Gasteiger partial charge in [0.1, 0.15) is 12.6 Å². The van der Waals surface area contributed by atoms with Gasteiger partial charge < -0.3 is 10.2 Å². The molecule has 0 radical (unpaired) electrons. The van der Waals surface area contributed by atoms with Crippen LogP contribution in [0.4, 0.5) is 5.69 Å². The second-order valence-corrected chi connectivity index (χ2v) is 15.7.